The maximum Gasteiger partial charge on any atom is 0.328 e. The lowest BCUT2D eigenvalue weighted by atomic mass is 10.0. The minimum Gasteiger partial charge on any atom is -0.496 e. The van der Waals surface area contributed by atoms with Crippen LogP contribution >= 0.6 is 0 Å². The van der Waals surface area contributed by atoms with Gasteiger partial charge in [-0.25, -0.2) is 4.79 Å². The summed E-state index contributed by atoms with van der Waals surface area (Å²) in [5.41, 5.74) is 0.315. The van der Waals surface area contributed by atoms with E-state index in [9.17, 15) is 19.7 Å². The molecule has 0 radical (unpaired) electrons. The first kappa shape index (κ1) is 19.4. The molecule has 0 saturated carbocycles. The van der Waals surface area contributed by atoms with Crippen LogP contribution in [0.4, 0.5) is 5.69 Å². The molecule has 8 nitrogen and oxygen atoms in total. The zero-order chi connectivity index (χ0) is 18.3. The van der Waals surface area contributed by atoms with Crippen molar-refractivity contribution >= 4 is 17.6 Å². The minimum atomic E-state index is -0.947. The Balaban J connectivity index is 3.05. The van der Waals surface area contributed by atoms with E-state index in [0.29, 0.717) is 11.3 Å². The molecule has 0 aliphatic heterocycles. The lowest BCUT2D eigenvalue weighted by molar-refractivity contribution is -0.384. The molecule has 0 aliphatic rings. The maximum atomic E-state index is 11.9. The van der Waals surface area contributed by atoms with Gasteiger partial charge in [0.2, 0.25) is 5.91 Å². The summed E-state index contributed by atoms with van der Waals surface area (Å²) < 4.78 is 9.89. The van der Waals surface area contributed by atoms with E-state index in [1.807, 2.05) is 13.8 Å². The Kier molecular flexibility index (Phi) is 7.16. The molecule has 1 amide bonds. The molecule has 1 atom stereocenters. The molecule has 0 bridgehead atoms. The predicted molar refractivity (Wildman–Crippen MR) is 86.8 cm³/mol. The largest absolute Gasteiger partial charge is 0.496 e. The highest BCUT2D eigenvalue weighted by atomic mass is 16.6. The van der Waals surface area contributed by atoms with Gasteiger partial charge in [0.25, 0.3) is 5.69 Å². The number of rotatable bonds is 8. The Morgan fingerprint density at radius 2 is 1.96 bits per heavy atom. The molecule has 0 fully saturated rings. The summed E-state index contributed by atoms with van der Waals surface area (Å²) in [6.45, 7) is 3.77. The van der Waals surface area contributed by atoms with Crippen LogP contribution < -0.4 is 10.1 Å². The number of carbonyl (C=O) groups excluding carboxylic acids is 2. The molecule has 1 N–H and O–H groups in total. The van der Waals surface area contributed by atoms with Gasteiger partial charge in [-0.2, -0.15) is 0 Å². The average molecular weight is 338 g/mol. The molecule has 132 valence electrons. The molecule has 1 aromatic carbocycles. The molecular formula is C16H22N2O6. The van der Waals surface area contributed by atoms with Crippen LogP contribution in [0, 0.1) is 16.0 Å². The van der Waals surface area contributed by atoms with Crippen molar-refractivity contribution in [3.05, 3.63) is 33.9 Å². The van der Waals surface area contributed by atoms with Gasteiger partial charge in [-0.1, -0.05) is 13.8 Å². The Labute approximate surface area is 140 Å². The molecule has 1 aromatic rings. The van der Waals surface area contributed by atoms with Crippen molar-refractivity contribution in [1.29, 1.82) is 0 Å². The van der Waals surface area contributed by atoms with Gasteiger partial charge in [0.1, 0.15) is 11.8 Å². The lowest BCUT2D eigenvalue weighted by Crippen LogP contribution is -2.43. The third-order valence-electron chi connectivity index (χ3n) is 3.31. The van der Waals surface area contributed by atoms with E-state index in [1.54, 1.807) is 0 Å². The second kappa shape index (κ2) is 8.85. The van der Waals surface area contributed by atoms with Crippen molar-refractivity contribution in [2.75, 3.05) is 14.2 Å². The number of non-ortho nitro benzene ring substituents is 1. The first-order valence-corrected chi connectivity index (χ1v) is 7.47. The van der Waals surface area contributed by atoms with Gasteiger partial charge in [0.05, 0.1) is 19.1 Å². The first-order valence-electron chi connectivity index (χ1n) is 7.47. The zero-order valence-electron chi connectivity index (χ0n) is 14.2. The summed E-state index contributed by atoms with van der Waals surface area (Å²) in [6, 6.07) is 3.14. The quantitative estimate of drug-likeness (QED) is 0.440. The van der Waals surface area contributed by atoms with E-state index in [0.717, 1.165) is 0 Å². The number of hydrogen-bond acceptors (Lipinski definition) is 6. The van der Waals surface area contributed by atoms with Crippen LogP contribution in [0.2, 0.25) is 0 Å². The highest BCUT2D eigenvalue weighted by Gasteiger charge is 2.25. The molecule has 24 heavy (non-hydrogen) atoms. The third-order valence-corrected chi connectivity index (χ3v) is 3.31. The van der Waals surface area contributed by atoms with E-state index in [4.69, 9.17) is 9.47 Å². The summed E-state index contributed by atoms with van der Waals surface area (Å²) in [6.07, 6.45) is 0.293. The number of nitro benzene ring substituents is 1. The molecule has 0 aromatic heterocycles. The normalized spacial score (nSPS) is 11.7. The average Bonchev–Trinajstić information content (AvgIpc) is 2.52. The van der Waals surface area contributed by atoms with Crippen LogP contribution in [0.1, 0.15) is 25.8 Å². The highest BCUT2D eigenvalue weighted by molar-refractivity contribution is 5.84. The van der Waals surface area contributed by atoms with Gasteiger partial charge in [0, 0.05) is 30.5 Å². The van der Waals surface area contributed by atoms with E-state index < -0.39 is 16.9 Å². The smallest absolute Gasteiger partial charge is 0.328 e. The lowest BCUT2D eigenvalue weighted by Gasteiger charge is -2.18. The Morgan fingerprint density at radius 1 is 1.29 bits per heavy atom. The van der Waals surface area contributed by atoms with Crippen LogP contribution in [0.3, 0.4) is 0 Å². The fourth-order valence-corrected chi connectivity index (χ4v) is 2.22. The predicted octanol–water partition coefficient (Wildman–Crippen LogP) is 1.85. The van der Waals surface area contributed by atoms with Crippen molar-refractivity contribution in [2.45, 2.75) is 32.7 Å². The van der Waals surface area contributed by atoms with E-state index in [-0.39, 0.29) is 30.4 Å². The molecule has 1 rings (SSSR count). The first-order chi connectivity index (χ1) is 11.3. The van der Waals surface area contributed by atoms with Crippen molar-refractivity contribution in [3.8, 4) is 5.75 Å². The van der Waals surface area contributed by atoms with E-state index in [2.05, 4.69) is 5.32 Å². The number of methoxy groups -OCH3 is 2. The number of nitrogens with one attached hydrogen (secondary N) is 1. The van der Waals surface area contributed by atoms with Crippen LogP contribution in [0.15, 0.2) is 18.2 Å². The summed E-state index contributed by atoms with van der Waals surface area (Å²) in [7, 11) is 2.64. The number of nitrogens with zero attached hydrogens (tertiary/aromatic N) is 1. The van der Waals surface area contributed by atoms with Gasteiger partial charge in [-0.15, -0.1) is 0 Å². The summed E-state index contributed by atoms with van der Waals surface area (Å²) in [5, 5.41) is 13.5. The van der Waals surface area contributed by atoms with Crippen LogP contribution in [-0.2, 0) is 20.7 Å². The molecule has 0 unspecified atom stereocenters. The van der Waals surface area contributed by atoms with E-state index in [1.165, 1.54) is 32.4 Å². The molecule has 0 saturated heterocycles. The summed E-state index contributed by atoms with van der Waals surface area (Å²) >= 11 is 0. The third kappa shape index (κ3) is 5.53. The number of carbonyl (C=O) groups is 2. The Morgan fingerprint density at radius 3 is 2.46 bits per heavy atom. The summed E-state index contributed by atoms with van der Waals surface area (Å²) in [5.74, 6) is -0.381. The monoisotopic (exact) mass is 338 g/mol. The fraction of sp³-hybridized carbons (Fsp3) is 0.500. The molecular weight excluding hydrogens is 316 g/mol. The van der Waals surface area contributed by atoms with Crippen LogP contribution in [-0.4, -0.2) is 37.1 Å². The van der Waals surface area contributed by atoms with Crippen molar-refractivity contribution < 1.29 is 24.0 Å². The maximum absolute atomic E-state index is 11.9. The molecule has 0 aliphatic carbocycles. The van der Waals surface area contributed by atoms with Crippen molar-refractivity contribution in [1.82, 2.24) is 5.32 Å². The van der Waals surface area contributed by atoms with E-state index >= 15 is 0 Å². The van der Waals surface area contributed by atoms with Crippen LogP contribution in [0.25, 0.3) is 0 Å². The Hall–Kier alpha value is -2.64. The van der Waals surface area contributed by atoms with Gasteiger partial charge >= 0.3 is 5.97 Å². The number of amides is 1. The van der Waals surface area contributed by atoms with Gasteiger partial charge in [0.15, 0.2) is 0 Å². The molecule has 8 heteroatoms. The Bertz CT molecular complexity index is 615. The number of ether oxygens (including phenoxy) is 2. The SMILES string of the molecule is COC(=O)[C@H](Cc1cc([N+](=O)[O-])ccc1OC)NC(=O)CC(C)C. The second-order valence-electron chi connectivity index (χ2n) is 5.70. The standard InChI is InChI=1S/C16H22N2O6/c1-10(2)7-15(19)17-13(16(20)24-4)9-11-8-12(18(21)22)5-6-14(11)23-3/h5-6,8,10,13H,7,9H2,1-4H3,(H,17,19)/t13-/m0/s1. The second-order valence-corrected chi connectivity index (χ2v) is 5.70. The zero-order valence-corrected chi connectivity index (χ0v) is 14.2. The van der Waals surface area contributed by atoms with Gasteiger partial charge in [-0.3, -0.25) is 14.9 Å². The van der Waals surface area contributed by atoms with Crippen LogP contribution in [0.5, 0.6) is 5.75 Å². The van der Waals surface area contributed by atoms with Crippen molar-refractivity contribution in [2.24, 2.45) is 5.92 Å². The van der Waals surface area contributed by atoms with Gasteiger partial charge < -0.3 is 14.8 Å². The topological polar surface area (TPSA) is 108 Å². The molecule has 0 spiro atoms. The van der Waals surface area contributed by atoms with Crippen molar-refractivity contribution in [3.63, 3.8) is 0 Å². The number of nitro groups is 1. The molecule has 0 heterocycles. The number of hydrogen-bond donors (Lipinski definition) is 1. The number of benzene rings is 1. The highest BCUT2D eigenvalue weighted by Crippen LogP contribution is 2.25. The summed E-state index contributed by atoms with van der Waals surface area (Å²) in [4.78, 5) is 34.3. The fourth-order valence-electron chi connectivity index (χ4n) is 2.22. The van der Waals surface area contributed by atoms with Gasteiger partial charge in [-0.05, 0) is 12.0 Å². The number of esters is 1. The minimum absolute atomic E-state index is 0.0291.